The Bertz CT molecular complexity index is 324. The minimum absolute atomic E-state index is 0.160. The third-order valence-corrected chi connectivity index (χ3v) is 4.81. The Morgan fingerprint density at radius 1 is 1.38 bits per heavy atom. The minimum Gasteiger partial charge on any atom is -0.392 e. The topological polar surface area (TPSA) is 20.2 Å². The van der Waals surface area contributed by atoms with Gasteiger partial charge in [-0.2, -0.15) is 0 Å². The second kappa shape index (κ2) is 4.03. The zero-order valence-corrected chi connectivity index (χ0v) is 10.7. The van der Waals surface area contributed by atoms with Crippen LogP contribution >= 0.6 is 0 Å². The van der Waals surface area contributed by atoms with Gasteiger partial charge in [-0.1, -0.05) is 38.5 Å². The van der Waals surface area contributed by atoms with Crippen molar-refractivity contribution in [3.63, 3.8) is 0 Å². The van der Waals surface area contributed by atoms with Crippen LogP contribution in [0.5, 0.6) is 0 Å². The smallest absolute Gasteiger partial charge is 0.0644 e. The van der Waals surface area contributed by atoms with Gasteiger partial charge in [0.25, 0.3) is 0 Å². The van der Waals surface area contributed by atoms with Crippen LogP contribution in [0.3, 0.4) is 0 Å². The first kappa shape index (κ1) is 11.9. The molecule has 90 valence electrons. The van der Waals surface area contributed by atoms with Gasteiger partial charge in [0.05, 0.1) is 6.61 Å². The van der Waals surface area contributed by atoms with Crippen LogP contribution in [0.4, 0.5) is 0 Å². The van der Waals surface area contributed by atoms with Crippen LogP contribution in [0.1, 0.15) is 52.4 Å². The van der Waals surface area contributed by atoms with E-state index in [1.807, 2.05) is 0 Å². The van der Waals surface area contributed by atoms with Gasteiger partial charge >= 0.3 is 0 Å². The molecule has 0 spiro atoms. The summed E-state index contributed by atoms with van der Waals surface area (Å²) in [5.41, 5.74) is 3.24. The van der Waals surface area contributed by atoms with E-state index in [1.54, 1.807) is 5.57 Å². The lowest BCUT2D eigenvalue weighted by Crippen LogP contribution is -2.28. The molecular weight excluding hydrogens is 196 g/mol. The van der Waals surface area contributed by atoms with Crippen molar-refractivity contribution < 1.29 is 5.11 Å². The fourth-order valence-electron chi connectivity index (χ4n) is 3.45. The Labute approximate surface area is 99.3 Å². The Kier molecular flexibility index (Phi) is 3.00. The molecule has 0 radical (unpaired) electrons. The largest absolute Gasteiger partial charge is 0.392 e. The lowest BCUT2D eigenvalue weighted by atomic mass is 9.66. The van der Waals surface area contributed by atoms with E-state index in [-0.39, 0.29) is 12.0 Å². The van der Waals surface area contributed by atoms with Gasteiger partial charge in [-0.15, -0.1) is 0 Å². The van der Waals surface area contributed by atoms with Gasteiger partial charge in [-0.3, -0.25) is 0 Å². The van der Waals surface area contributed by atoms with Crippen molar-refractivity contribution in [3.05, 3.63) is 23.8 Å². The first-order chi connectivity index (χ1) is 7.50. The van der Waals surface area contributed by atoms with E-state index in [1.165, 1.54) is 25.7 Å². The SMILES string of the molecule is C=C(CO)[C@@]12CCC=C(C1)C(C)(C)CCC2. The van der Waals surface area contributed by atoms with Gasteiger partial charge in [0, 0.05) is 0 Å². The summed E-state index contributed by atoms with van der Waals surface area (Å²) < 4.78 is 0. The Morgan fingerprint density at radius 2 is 2.12 bits per heavy atom. The Hall–Kier alpha value is -0.560. The standard InChI is InChI=1S/C15H24O/c1-12(11-16)15-8-4-6-13(10-15)14(2,3)7-5-9-15/h6,16H,1,4-5,7-11H2,2-3H3/t15-/m1/s1. The molecule has 2 rings (SSSR count). The summed E-state index contributed by atoms with van der Waals surface area (Å²) in [7, 11) is 0. The molecule has 0 heterocycles. The maximum Gasteiger partial charge on any atom is 0.0644 e. The monoisotopic (exact) mass is 220 g/mol. The van der Waals surface area contributed by atoms with Crippen molar-refractivity contribution in [2.45, 2.75) is 52.4 Å². The Morgan fingerprint density at radius 3 is 2.81 bits per heavy atom. The summed E-state index contributed by atoms with van der Waals surface area (Å²) >= 11 is 0. The predicted molar refractivity (Wildman–Crippen MR) is 68.2 cm³/mol. The van der Waals surface area contributed by atoms with Crippen molar-refractivity contribution in [3.8, 4) is 0 Å². The average Bonchev–Trinajstić information content (AvgIpc) is 2.35. The van der Waals surface area contributed by atoms with Crippen LogP contribution in [-0.4, -0.2) is 11.7 Å². The van der Waals surface area contributed by atoms with Gasteiger partial charge in [0.2, 0.25) is 0 Å². The van der Waals surface area contributed by atoms with E-state index >= 15 is 0 Å². The van der Waals surface area contributed by atoms with Crippen LogP contribution in [0, 0.1) is 10.8 Å². The fourth-order valence-corrected chi connectivity index (χ4v) is 3.45. The molecule has 0 amide bonds. The van der Waals surface area contributed by atoms with Crippen molar-refractivity contribution in [2.75, 3.05) is 6.61 Å². The van der Waals surface area contributed by atoms with Crippen LogP contribution in [0.2, 0.25) is 0 Å². The number of hydrogen-bond donors (Lipinski definition) is 1. The van der Waals surface area contributed by atoms with Crippen LogP contribution in [0.15, 0.2) is 23.8 Å². The molecule has 2 bridgehead atoms. The number of fused-ring (bicyclic) bond motifs is 2. The van der Waals surface area contributed by atoms with Gasteiger partial charge in [-0.25, -0.2) is 0 Å². The minimum atomic E-state index is 0.160. The summed E-state index contributed by atoms with van der Waals surface area (Å²) in [5, 5.41) is 9.40. The van der Waals surface area contributed by atoms with E-state index in [0.29, 0.717) is 5.41 Å². The van der Waals surface area contributed by atoms with Crippen molar-refractivity contribution >= 4 is 0 Å². The van der Waals surface area contributed by atoms with Crippen LogP contribution in [0.25, 0.3) is 0 Å². The number of rotatable bonds is 2. The predicted octanol–water partition coefficient (Wildman–Crippen LogP) is 3.84. The third kappa shape index (κ3) is 1.86. The molecular formula is C15H24O. The quantitative estimate of drug-likeness (QED) is 0.701. The molecule has 0 aromatic heterocycles. The summed E-state index contributed by atoms with van der Waals surface area (Å²) in [4.78, 5) is 0. The molecule has 0 aliphatic heterocycles. The average molecular weight is 220 g/mol. The summed E-state index contributed by atoms with van der Waals surface area (Å²) in [5.74, 6) is 0. The molecule has 1 atom stereocenters. The third-order valence-electron chi connectivity index (χ3n) is 4.81. The van der Waals surface area contributed by atoms with Gasteiger partial charge in [0.1, 0.15) is 0 Å². The highest BCUT2D eigenvalue weighted by Crippen LogP contribution is 2.53. The second-order valence-corrected chi connectivity index (χ2v) is 6.22. The molecule has 1 nitrogen and oxygen atoms in total. The molecule has 1 fully saturated rings. The molecule has 16 heavy (non-hydrogen) atoms. The first-order valence-electron chi connectivity index (χ1n) is 6.49. The van der Waals surface area contributed by atoms with Crippen molar-refractivity contribution in [1.29, 1.82) is 0 Å². The maximum atomic E-state index is 9.40. The number of aliphatic hydroxyl groups excluding tert-OH is 1. The lowest BCUT2D eigenvalue weighted by molar-refractivity contribution is 0.231. The van der Waals surface area contributed by atoms with Crippen molar-refractivity contribution in [2.24, 2.45) is 10.8 Å². The lowest BCUT2D eigenvalue weighted by Gasteiger charge is -2.39. The highest BCUT2D eigenvalue weighted by atomic mass is 16.3. The molecule has 0 unspecified atom stereocenters. The number of allylic oxidation sites excluding steroid dienone is 2. The summed E-state index contributed by atoms with van der Waals surface area (Å²) in [6.07, 6.45) is 9.69. The Balaban J connectivity index is 2.33. The molecule has 0 aromatic carbocycles. The fraction of sp³-hybridized carbons (Fsp3) is 0.733. The van der Waals surface area contributed by atoms with Crippen LogP contribution in [-0.2, 0) is 0 Å². The molecule has 0 aromatic rings. The van der Waals surface area contributed by atoms with E-state index in [9.17, 15) is 5.11 Å². The second-order valence-electron chi connectivity index (χ2n) is 6.22. The maximum absolute atomic E-state index is 9.40. The summed E-state index contributed by atoms with van der Waals surface area (Å²) in [6.45, 7) is 9.01. The highest BCUT2D eigenvalue weighted by Gasteiger charge is 2.41. The first-order valence-corrected chi connectivity index (χ1v) is 6.49. The number of aliphatic hydroxyl groups is 1. The van der Waals surface area contributed by atoms with Crippen LogP contribution < -0.4 is 0 Å². The van der Waals surface area contributed by atoms with E-state index < -0.39 is 0 Å². The number of hydrogen-bond acceptors (Lipinski definition) is 1. The van der Waals surface area contributed by atoms with Crippen molar-refractivity contribution in [1.82, 2.24) is 0 Å². The highest BCUT2D eigenvalue weighted by molar-refractivity contribution is 5.26. The van der Waals surface area contributed by atoms with Gasteiger partial charge < -0.3 is 5.11 Å². The molecule has 2 aliphatic rings. The summed E-state index contributed by atoms with van der Waals surface area (Å²) in [6, 6.07) is 0. The van der Waals surface area contributed by atoms with E-state index in [4.69, 9.17) is 0 Å². The van der Waals surface area contributed by atoms with Gasteiger partial charge in [0.15, 0.2) is 0 Å². The molecule has 1 N–H and O–H groups in total. The normalized spacial score (nSPS) is 32.8. The molecule has 2 aliphatic carbocycles. The zero-order chi connectivity index (χ0) is 11.8. The van der Waals surface area contributed by atoms with E-state index in [2.05, 4.69) is 26.5 Å². The molecule has 1 saturated carbocycles. The van der Waals surface area contributed by atoms with E-state index in [0.717, 1.165) is 18.4 Å². The van der Waals surface area contributed by atoms with Gasteiger partial charge in [-0.05, 0) is 48.5 Å². The molecule has 0 saturated heterocycles. The zero-order valence-electron chi connectivity index (χ0n) is 10.7. The molecule has 1 heteroatoms.